The second-order valence-corrected chi connectivity index (χ2v) is 10.6. The molecule has 2 aromatic rings. The summed E-state index contributed by atoms with van der Waals surface area (Å²) in [7, 11) is 3.44. The van der Waals surface area contributed by atoms with Gasteiger partial charge in [0.25, 0.3) is 0 Å². The zero-order valence-electron chi connectivity index (χ0n) is 16.6. The minimum absolute atomic E-state index is 0.00864. The van der Waals surface area contributed by atoms with Crippen molar-refractivity contribution >= 4 is 33.3 Å². The van der Waals surface area contributed by atoms with E-state index in [9.17, 15) is 13.6 Å². The molecule has 0 radical (unpaired) electrons. The maximum absolute atomic E-state index is 13.9. The van der Waals surface area contributed by atoms with Crippen LogP contribution in [-0.4, -0.2) is 23.0 Å². The van der Waals surface area contributed by atoms with E-state index in [2.05, 4.69) is 18.8 Å². The average molecular weight is 436 g/mol. The monoisotopic (exact) mass is 435 g/mol. The van der Waals surface area contributed by atoms with E-state index < -0.39 is 11.6 Å². The Labute approximate surface area is 177 Å². The third-order valence-electron chi connectivity index (χ3n) is 4.38. The molecular formula is C22H23F2NO2S2. The Balaban J connectivity index is 1.61. The molecule has 1 unspecified atom stereocenters. The Hall–Kier alpha value is -1.86. The van der Waals surface area contributed by atoms with Gasteiger partial charge in [0.2, 0.25) is 5.90 Å². The van der Waals surface area contributed by atoms with Crippen molar-refractivity contribution < 1.29 is 18.3 Å². The van der Waals surface area contributed by atoms with Crippen LogP contribution in [0.4, 0.5) is 8.78 Å². The van der Waals surface area contributed by atoms with E-state index in [0.717, 1.165) is 16.9 Å². The third kappa shape index (κ3) is 5.82. The molecule has 1 aliphatic heterocycles. The maximum atomic E-state index is 13.9. The molecule has 2 aromatic carbocycles. The van der Waals surface area contributed by atoms with E-state index in [0.29, 0.717) is 6.42 Å². The molecule has 3 rings (SSSR count). The van der Waals surface area contributed by atoms with Gasteiger partial charge in [-0.15, -0.1) is 0 Å². The average Bonchev–Trinajstić information content (AvgIpc) is 3.10. The first-order valence-electron chi connectivity index (χ1n) is 9.29. The second kappa shape index (κ2) is 9.30. The molecule has 1 heterocycles. The number of benzene rings is 2. The summed E-state index contributed by atoms with van der Waals surface area (Å²) in [6.45, 7) is 6.02. The van der Waals surface area contributed by atoms with E-state index in [4.69, 9.17) is 4.74 Å². The lowest BCUT2D eigenvalue weighted by molar-refractivity contribution is -0.117. The van der Waals surface area contributed by atoms with Gasteiger partial charge in [0, 0.05) is 16.9 Å². The number of Topliss-reactive ketones (excluding diaryl/α,β-unsaturated/α-hetero) is 1. The Bertz CT molecular complexity index is 893. The van der Waals surface area contributed by atoms with Crippen LogP contribution in [-0.2, 0) is 15.3 Å². The minimum Gasteiger partial charge on any atom is -0.475 e. The summed E-state index contributed by atoms with van der Waals surface area (Å²) < 4.78 is 33.2. The Kier molecular flexibility index (Phi) is 7.01. The number of ketones is 1. The second-order valence-electron chi connectivity index (χ2n) is 7.58. The highest BCUT2D eigenvalue weighted by atomic mass is 33.1. The van der Waals surface area contributed by atoms with Gasteiger partial charge < -0.3 is 4.74 Å². The molecule has 0 amide bonds. The molecule has 29 heavy (non-hydrogen) atoms. The number of ether oxygens (including phenoxy) is 1. The molecular weight excluding hydrogens is 412 g/mol. The SMILES string of the molecule is CC(=O)CC(C)(C)SSCc1ccc(C2COC(c3c(F)cccc3F)=N2)cc1. The van der Waals surface area contributed by atoms with Crippen LogP contribution < -0.4 is 0 Å². The molecule has 0 spiro atoms. The Morgan fingerprint density at radius 3 is 2.45 bits per heavy atom. The van der Waals surface area contributed by atoms with Crippen LogP contribution in [0.3, 0.4) is 0 Å². The van der Waals surface area contributed by atoms with Crippen LogP contribution in [0.25, 0.3) is 0 Å². The van der Waals surface area contributed by atoms with Gasteiger partial charge in [0.1, 0.15) is 35.6 Å². The molecule has 0 saturated heterocycles. The lowest BCUT2D eigenvalue weighted by atomic mass is 10.1. The van der Waals surface area contributed by atoms with Gasteiger partial charge in [-0.05, 0) is 44.0 Å². The lowest BCUT2D eigenvalue weighted by Crippen LogP contribution is -2.17. The molecule has 0 aliphatic carbocycles. The van der Waals surface area contributed by atoms with Crippen molar-refractivity contribution in [3.8, 4) is 0 Å². The number of aliphatic imine (C=N–C) groups is 1. The number of halogens is 2. The summed E-state index contributed by atoms with van der Waals surface area (Å²) in [5.41, 5.74) is 1.89. The predicted molar refractivity (Wildman–Crippen MR) is 116 cm³/mol. The molecule has 154 valence electrons. The van der Waals surface area contributed by atoms with Gasteiger partial charge >= 0.3 is 0 Å². The minimum atomic E-state index is -0.679. The first-order valence-corrected chi connectivity index (χ1v) is 11.6. The molecule has 3 nitrogen and oxygen atoms in total. The van der Waals surface area contributed by atoms with Crippen LogP contribution in [0.15, 0.2) is 47.5 Å². The molecule has 0 N–H and O–H groups in total. The molecule has 0 saturated carbocycles. The summed E-state index contributed by atoms with van der Waals surface area (Å²) in [4.78, 5) is 15.7. The zero-order chi connectivity index (χ0) is 21.0. The third-order valence-corrected chi connectivity index (χ3v) is 7.60. The van der Waals surface area contributed by atoms with Crippen molar-refractivity contribution in [1.29, 1.82) is 0 Å². The summed E-state index contributed by atoms with van der Waals surface area (Å²) in [6.07, 6.45) is 0.550. The summed E-state index contributed by atoms with van der Waals surface area (Å²) >= 11 is 0. The van der Waals surface area contributed by atoms with Crippen LogP contribution in [0.2, 0.25) is 0 Å². The van der Waals surface area contributed by atoms with Gasteiger partial charge in [0.05, 0.1) is 0 Å². The van der Waals surface area contributed by atoms with E-state index in [1.807, 2.05) is 24.3 Å². The van der Waals surface area contributed by atoms with Crippen LogP contribution >= 0.6 is 21.6 Å². The van der Waals surface area contributed by atoms with E-state index in [1.54, 1.807) is 28.5 Å². The highest BCUT2D eigenvalue weighted by Crippen LogP contribution is 2.40. The zero-order valence-corrected chi connectivity index (χ0v) is 18.2. The largest absolute Gasteiger partial charge is 0.475 e. The molecule has 1 aliphatic rings. The van der Waals surface area contributed by atoms with E-state index in [1.165, 1.54) is 18.2 Å². The van der Waals surface area contributed by atoms with Gasteiger partial charge in [-0.25, -0.2) is 13.8 Å². The Morgan fingerprint density at radius 2 is 1.83 bits per heavy atom. The highest BCUT2D eigenvalue weighted by molar-refractivity contribution is 8.76. The summed E-state index contributed by atoms with van der Waals surface area (Å²) in [5.74, 6) is -0.331. The summed E-state index contributed by atoms with van der Waals surface area (Å²) in [6, 6.07) is 11.4. The maximum Gasteiger partial charge on any atom is 0.222 e. The topological polar surface area (TPSA) is 38.7 Å². The van der Waals surface area contributed by atoms with E-state index >= 15 is 0 Å². The van der Waals surface area contributed by atoms with Crippen molar-refractivity contribution in [2.75, 3.05) is 6.61 Å². The number of hydrogen-bond acceptors (Lipinski definition) is 5. The fraction of sp³-hybridized carbons (Fsp3) is 0.364. The van der Waals surface area contributed by atoms with E-state index in [-0.39, 0.29) is 34.6 Å². The fourth-order valence-corrected chi connectivity index (χ4v) is 5.79. The smallest absolute Gasteiger partial charge is 0.222 e. The van der Waals surface area contributed by atoms with Crippen LogP contribution in [0, 0.1) is 11.6 Å². The molecule has 7 heteroatoms. The first-order chi connectivity index (χ1) is 13.7. The molecule has 0 fully saturated rings. The highest BCUT2D eigenvalue weighted by Gasteiger charge is 2.26. The van der Waals surface area contributed by atoms with Crippen molar-refractivity contribution in [2.24, 2.45) is 4.99 Å². The Morgan fingerprint density at radius 1 is 1.17 bits per heavy atom. The van der Waals surface area contributed by atoms with Crippen molar-refractivity contribution in [1.82, 2.24) is 0 Å². The van der Waals surface area contributed by atoms with Crippen molar-refractivity contribution in [2.45, 2.75) is 43.7 Å². The predicted octanol–water partition coefficient (Wildman–Crippen LogP) is 6.12. The van der Waals surface area contributed by atoms with Gasteiger partial charge in [-0.2, -0.15) is 0 Å². The van der Waals surface area contributed by atoms with Crippen LogP contribution in [0.5, 0.6) is 0 Å². The fourth-order valence-electron chi connectivity index (χ4n) is 3.11. The van der Waals surface area contributed by atoms with Gasteiger partial charge in [0.15, 0.2) is 0 Å². The first kappa shape index (κ1) is 21.8. The van der Waals surface area contributed by atoms with Crippen molar-refractivity contribution in [3.05, 3.63) is 70.8 Å². The van der Waals surface area contributed by atoms with Gasteiger partial charge in [-0.3, -0.25) is 4.79 Å². The standard InChI is InChI=1S/C22H23F2NO2S2/c1-14(26)11-22(2,3)29-28-13-15-7-9-16(10-8-15)19-12-27-21(25-19)20-17(23)5-4-6-18(20)24/h4-10,19H,11-13H2,1-3H3. The molecule has 0 aromatic heterocycles. The quantitative estimate of drug-likeness (QED) is 0.468. The number of hydrogen-bond donors (Lipinski definition) is 0. The van der Waals surface area contributed by atoms with Crippen molar-refractivity contribution in [3.63, 3.8) is 0 Å². The number of carbonyl (C=O) groups excluding carboxylic acids is 1. The number of rotatable bonds is 8. The lowest BCUT2D eigenvalue weighted by Gasteiger charge is -2.21. The number of carbonyl (C=O) groups is 1. The molecule has 0 bridgehead atoms. The van der Waals surface area contributed by atoms with Crippen LogP contribution in [0.1, 0.15) is 49.9 Å². The normalized spacial score (nSPS) is 16.4. The molecule has 1 atom stereocenters. The number of nitrogens with zero attached hydrogens (tertiary/aromatic N) is 1. The summed E-state index contributed by atoms with van der Waals surface area (Å²) in [5, 5.41) is 0. The van der Waals surface area contributed by atoms with Gasteiger partial charge in [-0.1, -0.05) is 51.9 Å².